The van der Waals surface area contributed by atoms with Gasteiger partial charge < -0.3 is 57.7 Å². The maximum atomic E-state index is 15.2. The number of rotatable bonds is 47. The number of fused-ring (bicyclic) bond motifs is 3. The second-order valence-electron chi connectivity index (χ2n) is 32.9. The number of Topliss-reactive ketones (excluding diaryl/α,β-unsaturated/α-hetero) is 2. The van der Waals surface area contributed by atoms with Gasteiger partial charge in [-0.1, -0.05) is 226 Å². The molecule has 20 nitrogen and oxygen atoms in total. The minimum absolute atomic E-state index is 0.00640. The van der Waals surface area contributed by atoms with Gasteiger partial charge in [0.1, 0.15) is 43.4 Å². The molecular weight excluding hydrogens is 1370 g/mol. The van der Waals surface area contributed by atoms with Crippen molar-refractivity contribution in [2.45, 2.75) is 393 Å². The normalized spacial score (nSPS) is 27.7. The average Bonchev–Trinajstić information content (AvgIpc) is 0.775. The Hall–Kier alpha value is -4.86. The van der Waals surface area contributed by atoms with Crippen LogP contribution in [0.5, 0.6) is 0 Å². The minimum Gasteiger partial charge on any atom is -0.462 e. The number of methoxy groups -OCH3 is 3. The summed E-state index contributed by atoms with van der Waals surface area (Å²) >= 11 is 0. The first-order valence-electron chi connectivity index (χ1n) is 42.8. The minimum atomic E-state index is -2.60. The number of hydrogen-bond acceptors (Lipinski definition) is 19. The molecule has 108 heavy (non-hydrogen) atoms. The van der Waals surface area contributed by atoms with E-state index in [0.29, 0.717) is 69.8 Å². The summed E-state index contributed by atoms with van der Waals surface area (Å²) in [5.41, 5.74) is 1.46. The van der Waals surface area contributed by atoms with Crippen LogP contribution >= 0.6 is 0 Å². The molecule has 5 unspecified atom stereocenters. The van der Waals surface area contributed by atoms with Crippen LogP contribution in [0.4, 0.5) is 0 Å². The first kappa shape index (κ1) is 95.5. The number of esters is 5. The van der Waals surface area contributed by atoms with Crippen molar-refractivity contribution in [2.75, 3.05) is 41.1 Å². The molecule has 20 heteroatoms. The van der Waals surface area contributed by atoms with Crippen molar-refractivity contribution in [1.29, 1.82) is 0 Å². The van der Waals surface area contributed by atoms with E-state index in [-0.39, 0.29) is 94.7 Å². The Morgan fingerprint density at radius 2 is 1.18 bits per heavy atom. The van der Waals surface area contributed by atoms with E-state index in [1.165, 1.54) is 135 Å². The molecule has 620 valence electrons. The topological polar surface area (TPSA) is 263 Å². The number of unbranched alkanes of at least 4 members (excludes halogenated alkanes) is 24. The van der Waals surface area contributed by atoms with Crippen LogP contribution in [0.2, 0.25) is 0 Å². The molecule has 1 saturated carbocycles. The monoisotopic (exact) mass is 1520 g/mol. The second kappa shape index (κ2) is 54.0. The first-order chi connectivity index (χ1) is 51.8. The van der Waals surface area contributed by atoms with Gasteiger partial charge in [0.15, 0.2) is 6.10 Å². The number of cyclic esters (lactones) is 1. The summed E-state index contributed by atoms with van der Waals surface area (Å²) in [6.45, 7) is 20.7. The standard InChI is InChI=1S/C88H149NO19/c1-14-17-19-21-23-25-27-29-31-33-35-37-39-45-79(92)103-60-71(61-104-80(93)46-40-38-36-34-32-30-28-26-24-22-20-18-15-2)105-81(94)55-62(4)47-48-65(7)86(97)106-75-59-74(91)70(43-16-3)53-63(5)52-64(6)54-77(101-12)83-78(102-13)57-67(9)88(99,108-83)84(95)85(96)89-51-42-41-44-72(89)87(98)107-82(68(75)10)66(8)56-69-49-50-73(90)76(58-69)100-11/h16,53,56,62,64-65,67-73,75-78,82-83,90,99H,3,14-15,17-52,54-55,57-61H2,1-2,4-13H3/b63-53+,66-56+/t62?,64-,65?,67+,68+,69?,70+,72-,73?,75-,76+,77-,78-,82?,83+,88+/m0/s1. The SMILES string of the molecule is C=CC[C@@H]1/C=C(\C)C[C@H](C)C[C@H](OC)[C@H]2O[C@@](O)(C(=O)C(=O)N3CCCC[C@H]3C(=O)OC(/C(C)=C/C3CCC(O)[C@H](OC)C3)[C@H](C)[C@@H](OC(=O)C(C)CCC(C)CC(=O)OC(COC(=O)CCCCCCCCCCCCCCC)COC(=O)CCCCCCCCCCCCCCC)CC1=O)[C@H](C)C[C@@H]2OC. The zero-order chi connectivity index (χ0) is 79.4. The highest BCUT2D eigenvalue weighted by molar-refractivity contribution is 6.39. The van der Waals surface area contributed by atoms with E-state index in [0.717, 1.165) is 44.1 Å². The van der Waals surface area contributed by atoms with E-state index < -0.39 is 126 Å². The number of aliphatic hydroxyl groups excluding tert-OH is 1. The Morgan fingerprint density at radius 1 is 0.657 bits per heavy atom. The molecule has 4 aliphatic rings. The van der Waals surface area contributed by atoms with Crippen LogP contribution in [0.25, 0.3) is 0 Å². The summed E-state index contributed by atoms with van der Waals surface area (Å²) in [5.74, 6) is -11.8. The molecule has 0 aromatic carbocycles. The lowest BCUT2D eigenvalue weighted by atomic mass is 9.81. The average molecular weight is 1530 g/mol. The largest absolute Gasteiger partial charge is 0.462 e. The molecule has 4 rings (SSSR count). The molecule has 2 bridgehead atoms. The third-order valence-corrected chi connectivity index (χ3v) is 23.3. The van der Waals surface area contributed by atoms with E-state index in [9.17, 15) is 39.0 Å². The predicted octanol–water partition coefficient (Wildman–Crippen LogP) is 17.6. The molecule has 1 amide bonds. The van der Waals surface area contributed by atoms with Crippen molar-refractivity contribution in [3.8, 4) is 0 Å². The Balaban J connectivity index is 1.55. The van der Waals surface area contributed by atoms with Crippen molar-refractivity contribution >= 4 is 47.3 Å². The molecule has 3 fully saturated rings. The van der Waals surface area contributed by atoms with E-state index >= 15 is 9.59 Å². The van der Waals surface area contributed by atoms with Gasteiger partial charge in [-0.2, -0.15) is 0 Å². The second-order valence-corrected chi connectivity index (χ2v) is 32.9. The maximum Gasteiger partial charge on any atom is 0.329 e. The Labute approximate surface area is 651 Å². The van der Waals surface area contributed by atoms with E-state index in [2.05, 4.69) is 20.4 Å². The third-order valence-electron chi connectivity index (χ3n) is 23.3. The molecule has 1 aliphatic carbocycles. The number of aliphatic hydroxyl groups is 2. The van der Waals surface area contributed by atoms with Crippen LogP contribution in [0.1, 0.15) is 332 Å². The lowest BCUT2D eigenvalue weighted by molar-refractivity contribution is -0.302. The fourth-order valence-corrected chi connectivity index (χ4v) is 16.3. The van der Waals surface area contributed by atoms with Gasteiger partial charge in [0.25, 0.3) is 11.7 Å². The van der Waals surface area contributed by atoms with Gasteiger partial charge in [-0.15, -0.1) is 6.58 Å². The van der Waals surface area contributed by atoms with Crippen LogP contribution in [-0.2, 0) is 81.0 Å². The highest BCUT2D eigenvalue weighted by Gasteiger charge is 2.57. The number of nitrogens with zero attached hydrogens (tertiary/aromatic N) is 1. The summed E-state index contributed by atoms with van der Waals surface area (Å²) in [7, 11) is 4.58. The van der Waals surface area contributed by atoms with Crippen LogP contribution in [0.3, 0.4) is 0 Å². The van der Waals surface area contributed by atoms with Crippen LogP contribution in [-0.4, -0.2) is 164 Å². The molecule has 0 aromatic rings. The Morgan fingerprint density at radius 3 is 1.69 bits per heavy atom. The van der Waals surface area contributed by atoms with Gasteiger partial charge >= 0.3 is 29.8 Å². The summed E-state index contributed by atoms with van der Waals surface area (Å²) in [6.07, 6.45) is 34.1. The van der Waals surface area contributed by atoms with Gasteiger partial charge in [0.05, 0.1) is 30.3 Å². The zero-order valence-electron chi connectivity index (χ0n) is 69.3. The lowest BCUT2D eigenvalue weighted by Crippen LogP contribution is -2.64. The van der Waals surface area contributed by atoms with E-state index in [4.69, 9.17) is 42.6 Å². The molecule has 0 spiro atoms. The molecular formula is C88H149NO19. The summed E-state index contributed by atoms with van der Waals surface area (Å²) in [6, 6.07) is -1.27. The van der Waals surface area contributed by atoms with Crippen LogP contribution in [0, 0.1) is 41.4 Å². The van der Waals surface area contributed by atoms with Crippen LogP contribution < -0.4 is 0 Å². The van der Waals surface area contributed by atoms with Crippen molar-refractivity contribution < 1.29 is 91.2 Å². The summed E-state index contributed by atoms with van der Waals surface area (Å²) in [5, 5.41) is 23.2. The highest BCUT2D eigenvalue weighted by Crippen LogP contribution is 2.40. The van der Waals surface area contributed by atoms with Gasteiger partial charge in [-0.3, -0.25) is 33.6 Å². The number of amides is 1. The molecule has 0 radical (unpaired) electrons. The molecule has 2 N–H and O–H groups in total. The number of piperidine rings is 1. The fourth-order valence-electron chi connectivity index (χ4n) is 16.3. The quantitative estimate of drug-likeness (QED) is 0.0188. The Kier molecular flexibility index (Phi) is 47.7. The van der Waals surface area contributed by atoms with E-state index in [1.807, 2.05) is 32.9 Å². The van der Waals surface area contributed by atoms with Crippen molar-refractivity contribution in [1.82, 2.24) is 4.90 Å². The van der Waals surface area contributed by atoms with Gasteiger partial charge in [0, 0.05) is 71.3 Å². The van der Waals surface area contributed by atoms with Gasteiger partial charge in [-0.05, 0) is 127 Å². The van der Waals surface area contributed by atoms with Crippen molar-refractivity contribution in [3.63, 3.8) is 0 Å². The molecule has 3 aliphatic heterocycles. The highest BCUT2D eigenvalue weighted by atomic mass is 16.7. The van der Waals surface area contributed by atoms with Gasteiger partial charge in [-0.25, -0.2) is 4.79 Å². The van der Waals surface area contributed by atoms with Gasteiger partial charge in [0.2, 0.25) is 5.79 Å². The Bertz CT molecular complexity index is 2650. The van der Waals surface area contributed by atoms with Crippen molar-refractivity contribution in [3.05, 3.63) is 36.0 Å². The number of ether oxygens (including phenoxy) is 9. The maximum absolute atomic E-state index is 15.2. The number of carbonyl (C=O) groups is 8. The fraction of sp³-hybridized carbons (Fsp3) is 0.841. The van der Waals surface area contributed by atoms with E-state index in [1.54, 1.807) is 40.9 Å². The predicted molar refractivity (Wildman–Crippen MR) is 421 cm³/mol. The third kappa shape index (κ3) is 35.0. The molecule has 16 atom stereocenters. The molecule has 3 heterocycles. The molecule has 2 saturated heterocycles. The number of ketones is 2. The summed E-state index contributed by atoms with van der Waals surface area (Å²) in [4.78, 5) is 116. The lowest BCUT2D eigenvalue weighted by Gasteiger charge is -2.47. The smallest absolute Gasteiger partial charge is 0.329 e. The first-order valence-corrected chi connectivity index (χ1v) is 42.8. The van der Waals surface area contributed by atoms with Crippen molar-refractivity contribution in [2.24, 2.45) is 41.4 Å². The van der Waals surface area contributed by atoms with Crippen LogP contribution in [0.15, 0.2) is 36.0 Å². The number of carbonyl (C=O) groups excluding carboxylic acids is 8. The number of hydrogen-bond donors (Lipinski definition) is 2. The zero-order valence-corrected chi connectivity index (χ0v) is 69.3. The molecule has 0 aromatic heterocycles. The summed E-state index contributed by atoms with van der Waals surface area (Å²) < 4.78 is 54.5. The number of allylic oxidation sites excluding steroid dienone is 4.